The standard InChI is InChI=1S/C20H24N6S/c1-14-5-4-6-15(11-14)17-16-12-21-19(22-18(16)24(2)23-17)25-9-10-26(27-3)20(13-25)7-8-20/h4-6,11-12H,7-10,13H2,1-3H3. The molecule has 27 heavy (non-hydrogen) atoms. The first-order valence-corrected chi connectivity index (χ1v) is 10.6. The summed E-state index contributed by atoms with van der Waals surface area (Å²) in [4.78, 5) is 12.0. The second kappa shape index (κ2) is 6.21. The highest BCUT2D eigenvalue weighted by atomic mass is 32.2. The molecule has 0 N–H and O–H groups in total. The predicted octanol–water partition coefficient (Wildman–Crippen LogP) is 3.27. The molecule has 6 nitrogen and oxygen atoms in total. The molecule has 7 heteroatoms. The van der Waals surface area contributed by atoms with Crippen LogP contribution in [0.4, 0.5) is 5.95 Å². The van der Waals surface area contributed by atoms with E-state index in [2.05, 4.69) is 46.7 Å². The molecular weight excluding hydrogens is 356 g/mol. The van der Waals surface area contributed by atoms with Crippen LogP contribution in [0.25, 0.3) is 22.3 Å². The zero-order valence-electron chi connectivity index (χ0n) is 16.0. The molecular formula is C20H24N6S. The van der Waals surface area contributed by atoms with Crippen LogP contribution in [0.5, 0.6) is 0 Å². The Bertz CT molecular complexity index is 1010. The Labute approximate surface area is 163 Å². The summed E-state index contributed by atoms with van der Waals surface area (Å²) in [5.41, 5.74) is 4.52. The highest BCUT2D eigenvalue weighted by Crippen LogP contribution is 2.47. The third-order valence-corrected chi connectivity index (χ3v) is 6.79. The van der Waals surface area contributed by atoms with E-state index in [1.54, 1.807) is 0 Å². The van der Waals surface area contributed by atoms with Crippen molar-refractivity contribution >= 4 is 28.9 Å². The van der Waals surface area contributed by atoms with Crippen LogP contribution in [-0.2, 0) is 7.05 Å². The van der Waals surface area contributed by atoms with Crippen LogP contribution in [0, 0.1) is 6.92 Å². The Morgan fingerprint density at radius 3 is 2.78 bits per heavy atom. The van der Waals surface area contributed by atoms with Gasteiger partial charge in [0.1, 0.15) is 5.69 Å². The van der Waals surface area contributed by atoms with Gasteiger partial charge in [0.05, 0.1) is 5.39 Å². The molecule has 1 aliphatic carbocycles. The molecule has 1 saturated heterocycles. The fourth-order valence-corrected chi connectivity index (χ4v) is 5.05. The molecule has 5 rings (SSSR count). The molecule has 0 amide bonds. The van der Waals surface area contributed by atoms with Crippen molar-refractivity contribution < 1.29 is 0 Å². The lowest BCUT2D eigenvalue weighted by Crippen LogP contribution is -2.52. The summed E-state index contributed by atoms with van der Waals surface area (Å²) < 4.78 is 4.42. The first-order valence-electron chi connectivity index (χ1n) is 9.43. The quantitative estimate of drug-likeness (QED) is 0.650. The number of aromatic nitrogens is 4. The van der Waals surface area contributed by atoms with Crippen molar-refractivity contribution in [2.24, 2.45) is 7.05 Å². The highest BCUT2D eigenvalue weighted by Gasteiger charge is 2.51. The lowest BCUT2D eigenvalue weighted by molar-refractivity contribution is 0.295. The van der Waals surface area contributed by atoms with Crippen LogP contribution in [0.2, 0.25) is 0 Å². The van der Waals surface area contributed by atoms with Gasteiger partial charge in [0.15, 0.2) is 5.65 Å². The SMILES string of the molecule is CSN1CCN(c2ncc3c(-c4cccc(C)c4)nn(C)c3n2)CC12CC2. The first kappa shape index (κ1) is 17.0. The molecule has 0 radical (unpaired) electrons. The maximum Gasteiger partial charge on any atom is 0.227 e. The van der Waals surface area contributed by atoms with E-state index in [1.165, 1.54) is 18.4 Å². The van der Waals surface area contributed by atoms with E-state index in [4.69, 9.17) is 15.1 Å². The van der Waals surface area contributed by atoms with Crippen molar-refractivity contribution in [3.8, 4) is 11.3 Å². The van der Waals surface area contributed by atoms with Gasteiger partial charge in [0.2, 0.25) is 5.95 Å². The van der Waals surface area contributed by atoms with Crippen LogP contribution in [0.3, 0.4) is 0 Å². The number of piperazine rings is 1. The third kappa shape index (κ3) is 2.80. The van der Waals surface area contributed by atoms with E-state index >= 15 is 0 Å². The van der Waals surface area contributed by atoms with Crippen molar-refractivity contribution in [3.63, 3.8) is 0 Å². The summed E-state index contributed by atoms with van der Waals surface area (Å²) in [5, 5.41) is 5.75. The maximum atomic E-state index is 4.90. The summed E-state index contributed by atoms with van der Waals surface area (Å²) in [7, 11) is 1.96. The van der Waals surface area contributed by atoms with Crippen molar-refractivity contribution in [2.75, 3.05) is 30.8 Å². The Hall–Kier alpha value is -2.12. The van der Waals surface area contributed by atoms with Crippen LogP contribution in [-0.4, -0.2) is 55.5 Å². The Morgan fingerprint density at radius 2 is 2.04 bits per heavy atom. The van der Waals surface area contributed by atoms with E-state index in [0.29, 0.717) is 5.54 Å². The fraction of sp³-hybridized carbons (Fsp3) is 0.450. The van der Waals surface area contributed by atoms with Crippen LogP contribution in [0.15, 0.2) is 30.5 Å². The summed E-state index contributed by atoms with van der Waals surface area (Å²) in [6.07, 6.45) is 6.68. The van der Waals surface area contributed by atoms with Gasteiger partial charge in [-0.1, -0.05) is 35.7 Å². The summed E-state index contributed by atoms with van der Waals surface area (Å²) in [6, 6.07) is 8.43. The largest absolute Gasteiger partial charge is 0.338 e. The molecule has 3 heterocycles. The van der Waals surface area contributed by atoms with Gasteiger partial charge in [-0.05, 0) is 32.1 Å². The predicted molar refractivity (Wildman–Crippen MR) is 111 cm³/mol. The summed E-state index contributed by atoms with van der Waals surface area (Å²) in [6.45, 7) is 5.15. The number of hydrogen-bond donors (Lipinski definition) is 0. The molecule has 1 aliphatic heterocycles. The first-order chi connectivity index (χ1) is 13.1. The molecule has 2 fully saturated rings. The molecule has 3 aromatic rings. The zero-order chi connectivity index (χ0) is 18.6. The van der Waals surface area contributed by atoms with Gasteiger partial charge in [-0.2, -0.15) is 10.1 Å². The lowest BCUT2D eigenvalue weighted by Gasteiger charge is -2.40. The Morgan fingerprint density at radius 1 is 1.19 bits per heavy atom. The minimum Gasteiger partial charge on any atom is -0.338 e. The van der Waals surface area contributed by atoms with Crippen molar-refractivity contribution in [1.29, 1.82) is 0 Å². The van der Waals surface area contributed by atoms with Crippen molar-refractivity contribution in [1.82, 2.24) is 24.1 Å². The second-order valence-electron chi connectivity index (χ2n) is 7.68. The van der Waals surface area contributed by atoms with Gasteiger partial charge >= 0.3 is 0 Å². The zero-order valence-corrected chi connectivity index (χ0v) is 16.8. The molecule has 1 aromatic carbocycles. The second-order valence-corrected chi connectivity index (χ2v) is 8.49. The van der Waals surface area contributed by atoms with E-state index in [1.807, 2.05) is 29.9 Å². The summed E-state index contributed by atoms with van der Waals surface area (Å²) >= 11 is 1.87. The van der Waals surface area contributed by atoms with E-state index in [-0.39, 0.29) is 0 Å². The molecule has 1 saturated carbocycles. The van der Waals surface area contributed by atoms with Gasteiger partial charge in [-0.25, -0.2) is 14.0 Å². The Balaban J connectivity index is 1.51. The van der Waals surface area contributed by atoms with Gasteiger partial charge in [-0.3, -0.25) is 0 Å². The number of rotatable bonds is 3. The van der Waals surface area contributed by atoms with Crippen LogP contribution >= 0.6 is 11.9 Å². The molecule has 140 valence electrons. The molecule has 0 unspecified atom stereocenters. The average molecular weight is 381 g/mol. The van der Waals surface area contributed by atoms with E-state index in [9.17, 15) is 0 Å². The van der Waals surface area contributed by atoms with Crippen molar-refractivity contribution in [2.45, 2.75) is 25.3 Å². The normalized spacial score (nSPS) is 19.1. The maximum absolute atomic E-state index is 4.90. The third-order valence-electron chi connectivity index (χ3n) is 5.78. The van der Waals surface area contributed by atoms with Gasteiger partial charge in [-0.15, -0.1) is 0 Å². The minimum atomic E-state index is 0.329. The smallest absolute Gasteiger partial charge is 0.227 e. The van der Waals surface area contributed by atoms with Crippen molar-refractivity contribution in [3.05, 3.63) is 36.0 Å². The number of aryl methyl sites for hydroxylation is 2. The number of hydrogen-bond acceptors (Lipinski definition) is 6. The monoisotopic (exact) mass is 380 g/mol. The summed E-state index contributed by atoms with van der Waals surface area (Å²) in [5.74, 6) is 0.827. The molecule has 1 spiro atoms. The van der Waals surface area contributed by atoms with Crippen LogP contribution < -0.4 is 4.90 Å². The number of benzene rings is 1. The number of anilines is 1. The Kier molecular flexibility index (Phi) is 3.91. The van der Waals surface area contributed by atoms with Gasteiger partial charge in [0, 0.05) is 44.0 Å². The molecule has 0 bridgehead atoms. The molecule has 2 aliphatic rings. The minimum absolute atomic E-state index is 0.329. The van der Waals surface area contributed by atoms with E-state index in [0.717, 1.165) is 47.9 Å². The average Bonchev–Trinajstić information content (AvgIpc) is 3.36. The van der Waals surface area contributed by atoms with Gasteiger partial charge in [0.25, 0.3) is 0 Å². The highest BCUT2D eigenvalue weighted by molar-refractivity contribution is 7.96. The fourth-order valence-electron chi connectivity index (χ4n) is 4.16. The lowest BCUT2D eigenvalue weighted by atomic mass is 10.1. The molecule has 0 atom stereocenters. The number of fused-ring (bicyclic) bond motifs is 1. The molecule has 2 aromatic heterocycles. The number of nitrogens with zero attached hydrogens (tertiary/aromatic N) is 6. The van der Waals surface area contributed by atoms with Crippen LogP contribution in [0.1, 0.15) is 18.4 Å². The topological polar surface area (TPSA) is 50.1 Å². The van der Waals surface area contributed by atoms with Gasteiger partial charge < -0.3 is 4.90 Å². The van der Waals surface area contributed by atoms with E-state index < -0.39 is 0 Å².